The number of hydrogen-bond donors (Lipinski definition) is 2. The van der Waals surface area contributed by atoms with Crippen molar-refractivity contribution in [2.75, 3.05) is 5.32 Å². The van der Waals surface area contributed by atoms with Crippen LogP contribution in [0.25, 0.3) is 0 Å². The highest BCUT2D eigenvalue weighted by Gasteiger charge is 2.14. The summed E-state index contributed by atoms with van der Waals surface area (Å²) in [6.07, 6.45) is 4.66. The van der Waals surface area contributed by atoms with E-state index in [1.807, 2.05) is 30.3 Å². The normalized spacial score (nSPS) is 14.2. The van der Waals surface area contributed by atoms with E-state index in [9.17, 15) is 0 Å². The van der Waals surface area contributed by atoms with E-state index in [0.717, 1.165) is 36.3 Å². The third-order valence-corrected chi connectivity index (χ3v) is 5.18. The van der Waals surface area contributed by atoms with E-state index in [1.54, 1.807) is 0 Å². The van der Waals surface area contributed by atoms with E-state index >= 15 is 0 Å². The Labute approximate surface area is 172 Å². The van der Waals surface area contributed by atoms with Gasteiger partial charge in [-0.25, -0.2) is 4.99 Å². The van der Waals surface area contributed by atoms with Crippen molar-refractivity contribution in [2.45, 2.75) is 52.2 Å². The van der Waals surface area contributed by atoms with Crippen LogP contribution in [-0.2, 0) is 26.1 Å². The van der Waals surface area contributed by atoms with Gasteiger partial charge in [-0.2, -0.15) is 0 Å². The number of anilines is 1. The number of aromatic nitrogens is 3. The molecule has 6 heteroatoms. The molecule has 0 bridgehead atoms. The zero-order valence-corrected chi connectivity index (χ0v) is 16.9. The molecule has 0 saturated carbocycles. The fourth-order valence-corrected chi connectivity index (χ4v) is 3.50. The van der Waals surface area contributed by atoms with E-state index in [0.29, 0.717) is 13.1 Å². The molecule has 29 heavy (non-hydrogen) atoms. The highest BCUT2D eigenvalue weighted by molar-refractivity contribution is 5.93. The Morgan fingerprint density at radius 1 is 1.00 bits per heavy atom. The Kier molecular flexibility index (Phi) is 6.19. The fraction of sp³-hybridized carbons (Fsp3) is 0.348. The van der Waals surface area contributed by atoms with Gasteiger partial charge in [0, 0.05) is 18.7 Å². The van der Waals surface area contributed by atoms with Gasteiger partial charge in [0.25, 0.3) is 0 Å². The highest BCUT2D eigenvalue weighted by Crippen LogP contribution is 2.14. The average Bonchev–Trinajstić information content (AvgIpc) is 2.98. The van der Waals surface area contributed by atoms with Crippen LogP contribution in [0, 0.1) is 6.92 Å². The Bertz CT molecular complexity index is 943. The maximum atomic E-state index is 4.79. The summed E-state index contributed by atoms with van der Waals surface area (Å²) in [5, 5.41) is 15.6. The molecule has 0 aliphatic carbocycles. The van der Waals surface area contributed by atoms with Crippen LogP contribution in [0.15, 0.2) is 59.6 Å². The Hall–Kier alpha value is -3.15. The lowest BCUT2D eigenvalue weighted by molar-refractivity contribution is 0.598. The van der Waals surface area contributed by atoms with E-state index < -0.39 is 0 Å². The quantitative estimate of drug-likeness (QED) is 0.511. The topological polar surface area (TPSA) is 67.1 Å². The van der Waals surface area contributed by atoms with Gasteiger partial charge in [0.15, 0.2) is 11.8 Å². The molecule has 0 unspecified atom stereocenters. The molecule has 0 amide bonds. The molecule has 0 fully saturated rings. The molecule has 0 spiro atoms. The van der Waals surface area contributed by atoms with E-state index in [1.165, 1.54) is 30.4 Å². The van der Waals surface area contributed by atoms with Gasteiger partial charge in [-0.1, -0.05) is 54.4 Å². The third-order valence-electron chi connectivity index (χ3n) is 5.18. The number of hydrogen-bond acceptors (Lipinski definition) is 3. The van der Waals surface area contributed by atoms with Crippen molar-refractivity contribution >= 4 is 11.6 Å². The number of nitrogens with zero attached hydrogens (tertiary/aromatic N) is 4. The minimum Gasteiger partial charge on any atom is -0.349 e. The fourth-order valence-electron chi connectivity index (χ4n) is 3.50. The van der Waals surface area contributed by atoms with Crippen LogP contribution in [-0.4, -0.2) is 20.7 Å². The molecule has 1 aliphatic heterocycles. The van der Waals surface area contributed by atoms with Crippen molar-refractivity contribution in [2.24, 2.45) is 4.99 Å². The number of aryl methyl sites for hydroxylation is 2. The standard InChI is InChI=1S/C23H28N6/c1-18-11-13-19(14-12-18)16-24-23(26-20-8-4-2-5-9-20)25-17-22-28-27-21-10-6-3-7-15-29(21)22/h2,4-5,8-9,11-14H,3,6-7,10,15-17H2,1H3,(H2,24,25,26). The van der Waals surface area contributed by atoms with Crippen LogP contribution in [0.5, 0.6) is 0 Å². The average molecular weight is 389 g/mol. The van der Waals surface area contributed by atoms with E-state index in [-0.39, 0.29) is 0 Å². The number of rotatable bonds is 5. The first kappa shape index (κ1) is 19.2. The molecule has 0 atom stereocenters. The molecule has 2 heterocycles. The largest absolute Gasteiger partial charge is 0.349 e. The first-order valence-corrected chi connectivity index (χ1v) is 10.3. The number of fused-ring (bicyclic) bond motifs is 1. The molecule has 2 aromatic carbocycles. The molecule has 3 aromatic rings. The van der Waals surface area contributed by atoms with Gasteiger partial charge in [-0.05, 0) is 37.5 Å². The first-order chi connectivity index (χ1) is 14.3. The molecule has 2 N–H and O–H groups in total. The number of guanidine groups is 1. The summed E-state index contributed by atoms with van der Waals surface area (Å²) in [5.74, 6) is 2.82. The Balaban J connectivity index is 1.48. The molecule has 0 radical (unpaired) electrons. The first-order valence-electron chi connectivity index (χ1n) is 10.3. The summed E-state index contributed by atoms with van der Waals surface area (Å²) in [7, 11) is 0. The van der Waals surface area contributed by atoms with Crippen LogP contribution in [0.1, 0.15) is 42.0 Å². The van der Waals surface area contributed by atoms with Gasteiger partial charge < -0.3 is 15.2 Å². The molecule has 150 valence electrons. The summed E-state index contributed by atoms with van der Waals surface area (Å²) >= 11 is 0. The van der Waals surface area contributed by atoms with Gasteiger partial charge in [-0.3, -0.25) is 0 Å². The van der Waals surface area contributed by atoms with Gasteiger partial charge in [-0.15, -0.1) is 10.2 Å². The zero-order chi connectivity index (χ0) is 19.9. The van der Waals surface area contributed by atoms with Crippen LogP contribution >= 0.6 is 0 Å². The highest BCUT2D eigenvalue weighted by atomic mass is 15.3. The summed E-state index contributed by atoms with van der Waals surface area (Å²) in [6.45, 7) is 4.31. The Morgan fingerprint density at radius 2 is 1.83 bits per heavy atom. The monoisotopic (exact) mass is 388 g/mol. The summed E-state index contributed by atoms with van der Waals surface area (Å²) < 4.78 is 2.26. The van der Waals surface area contributed by atoms with Crippen molar-refractivity contribution in [3.8, 4) is 0 Å². The third kappa shape index (κ3) is 5.22. The second-order valence-electron chi connectivity index (χ2n) is 7.49. The second kappa shape index (κ2) is 9.37. The van der Waals surface area contributed by atoms with E-state index in [2.05, 4.69) is 56.6 Å². The summed E-state index contributed by atoms with van der Waals surface area (Å²) in [5.41, 5.74) is 3.44. The van der Waals surface area contributed by atoms with Crippen molar-refractivity contribution in [1.82, 2.24) is 20.1 Å². The zero-order valence-electron chi connectivity index (χ0n) is 16.9. The number of aliphatic imine (C=N–C) groups is 1. The predicted molar refractivity (Wildman–Crippen MR) is 117 cm³/mol. The maximum Gasteiger partial charge on any atom is 0.196 e. The molecular formula is C23H28N6. The molecule has 6 nitrogen and oxygen atoms in total. The minimum absolute atomic E-state index is 0.597. The van der Waals surface area contributed by atoms with Gasteiger partial charge in [0.2, 0.25) is 0 Å². The van der Waals surface area contributed by atoms with Crippen LogP contribution in [0.3, 0.4) is 0 Å². The minimum atomic E-state index is 0.597. The molecular weight excluding hydrogens is 360 g/mol. The molecule has 4 rings (SSSR count). The SMILES string of the molecule is Cc1ccc(CN=C(NCc2nnc3n2CCCCC3)Nc2ccccc2)cc1. The van der Waals surface area contributed by atoms with Gasteiger partial charge >= 0.3 is 0 Å². The van der Waals surface area contributed by atoms with Crippen molar-refractivity contribution in [1.29, 1.82) is 0 Å². The lowest BCUT2D eigenvalue weighted by Crippen LogP contribution is -2.31. The lowest BCUT2D eigenvalue weighted by Gasteiger charge is -2.13. The molecule has 1 aliphatic rings. The maximum absolute atomic E-state index is 4.79. The Morgan fingerprint density at radius 3 is 2.66 bits per heavy atom. The summed E-state index contributed by atoms with van der Waals surface area (Å²) in [4.78, 5) is 4.79. The van der Waals surface area contributed by atoms with Crippen LogP contribution in [0.4, 0.5) is 5.69 Å². The summed E-state index contributed by atoms with van der Waals surface area (Å²) in [6, 6.07) is 18.6. The van der Waals surface area contributed by atoms with Crippen LogP contribution < -0.4 is 10.6 Å². The van der Waals surface area contributed by atoms with Gasteiger partial charge in [0.05, 0.1) is 13.1 Å². The molecule has 1 aromatic heterocycles. The molecule has 0 saturated heterocycles. The predicted octanol–water partition coefficient (Wildman–Crippen LogP) is 4.07. The van der Waals surface area contributed by atoms with Crippen molar-refractivity contribution in [3.63, 3.8) is 0 Å². The number of benzene rings is 2. The van der Waals surface area contributed by atoms with Gasteiger partial charge in [0.1, 0.15) is 5.82 Å². The smallest absolute Gasteiger partial charge is 0.196 e. The lowest BCUT2D eigenvalue weighted by atomic mass is 10.1. The van der Waals surface area contributed by atoms with Crippen molar-refractivity contribution in [3.05, 3.63) is 77.4 Å². The van der Waals surface area contributed by atoms with Crippen LogP contribution in [0.2, 0.25) is 0 Å². The van der Waals surface area contributed by atoms with E-state index in [4.69, 9.17) is 4.99 Å². The second-order valence-corrected chi connectivity index (χ2v) is 7.49. The number of nitrogens with one attached hydrogen (secondary N) is 2. The number of para-hydroxylation sites is 1. The van der Waals surface area contributed by atoms with Crippen molar-refractivity contribution < 1.29 is 0 Å².